The Hall–Kier alpha value is -0.970. The van der Waals surface area contributed by atoms with Crippen LogP contribution in [0.25, 0.3) is 0 Å². The lowest BCUT2D eigenvalue weighted by atomic mass is 10.3. The maximum Gasteiger partial charge on any atom is 0.238 e. The molecule has 1 saturated heterocycles. The van der Waals surface area contributed by atoms with E-state index in [2.05, 4.69) is 10.2 Å². The molecule has 0 spiro atoms. The number of carbonyl (C=O) groups excluding carboxylic acids is 1. The second-order valence-electron chi connectivity index (χ2n) is 4.38. The maximum atomic E-state index is 11.9. The van der Waals surface area contributed by atoms with Gasteiger partial charge in [-0.3, -0.25) is 9.69 Å². The summed E-state index contributed by atoms with van der Waals surface area (Å²) in [4.78, 5) is 14.0. The number of anilines is 1. The van der Waals surface area contributed by atoms with Gasteiger partial charge >= 0.3 is 0 Å². The molecule has 0 saturated carbocycles. The molecular formula is C13H18Cl2N2O2. The highest BCUT2D eigenvalue weighted by Gasteiger charge is 2.16. The van der Waals surface area contributed by atoms with Gasteiger partial charge in [0.05, 0.1) is 19.3 Å². The summed E-state index contributed by atoms with van der Waals surface area (Å²) in [5.74, 6) is 0.589. The molecule has 2 rings (SSSR count). The molecule has 106 valence electrons. The van der Waals surface area contributed by atoms with E-state index in [-0.39, 0.29) is 18.3 Å². The third kappa shape index (κ3) is 4.56. The minimum Gasteiger partial charge on any atom is -0.495 e. The van der Waals surface area contributed by atoms with Gasteiger partial charge < -0.3 is 10.1 Å². The van der Waals surface area contributed by atoms with E-state index < -0.39 is 0 Å². The van der Waals surface area contributed by atoms with Crippen molar-refractivity contribution >= 4 is 35.6 Å². The van der Waals surface area contributed by atoms with Crippen molar-refractivity contribution in [2.45, 2.75) is 12.8 Å². The van der Waals surface area contributed by atoms with Crippen LogP contribution in [0.15, 0.2) is 18.2 Å². The first-order valence-corrected chi connectivity index (χ1v) is 6.42. The summed E-state index contributed by atoms with van der Waals surface area (Å²) in [6, 6.07) is 5.17. The molecule has 4 nitrogen and oxygen atoms in total. The Kier molecular flexibility index (Phi) is 6.42. The van der Waals surface area contributed by atoms with Crippen molar-refractivity contribution in [3.63, 3.8) is 0 Å². The number of nitrogens with zero attached hydrogens (tertiary/aromatic N) is 1. The fourth-order valence-corrected chi connectivity index (χ4v) is 2.28. The molecule has 1 aromatic carbocycles. The molecule has 0 aromatic heterocycles. The van der Waals surface area contributed by atoms with Gasteiger partial charge in [-0.1, -0.05) is 11.6 Å². The number of nitrogens with one attached hydrogen (secondary N) is 1. The van der Waals surface area contributed by atoms with E-state index in [9.17, 15) is 4.79 Å². The van der Waals surface area contributed by atoms with Gasteiger partial charge in [0.25, 0.3) is 0 Å². The molecule has 0 aliphatic carbocycles. The molecule has 1 heterocycles. The number of rotatable bonds is 4. The van der Waals surface area contributed by atoms with Crippen molar-refractivity contribution in [1.29, 1.82) is 0 Å². The Bertz CT molecular complexity index is 435. The Morgan fingerprint density at radius 3 is 2.74 bits per heavy atom. The van der Waals surface area contributed by atoms with Crippen molar-refractivity contribution in [2.75, 3.05) is 32.1 Å². The molecule has 6 heteroatoms. The van der Waals surface area contributed by atoms with Crippen LogP contribution in [0.1, 0.15) is 12.8 Å². The Morgan fingerprint density at radius 2 is 2.11 bits per heavy atom. The number of ether oxygens (including phenoxy) is 1. The molecule has 1 aliphatic rings. The van der Waals surface area contributed by atoms with Gasteiger partial charge in [-0.25, -0.2) is 0 Å². The SMILES string of the molecule is COc1ccc(Cl)cc1NC(=O)CN1CCCC1.Cl. The normalized spacial score (nSPS) is 14.8. The number of methoxy groups -OCH3 is 1. The van der Waals surface area contributed by atoms with E-state index in [1.54, 1.807) is 25.3 Å². The molecular weight excluding hydrogens is 287 g/mol. The van der Waals surface area contributed by atoms with Crippen LogP contribution in [-0.4, -0.2) is 37.6 Å². The second kappa shape index (κ2) is 7.58. The van der Waals surface area contributed by atoms with Crippen LogP contribution in [-0.2, 0) is 4.79 Å². The van der Waals surface area contributed by atoms with Crippen LogP contribution < -0.4 is 10.1 Å². The number of likely N-dealkylation sites (tertiary alicyclic amines) is 1. The Labute approximate surface area is 124 Å². The van der Waals surface area contributed by atoms with Gasteiger partial charge in [0.15, 0.2) is 0 Å². The number of benzene rings is 1. The minimum absolute atomic E-state index is 0. The summed E-state index contributed by atoms with van der Waals surface area (Å²) >= 11 is 5.91. The molecule has 0 radical (unpaired) electrons. The molecule has 1 amide bonds. The zero-order chi connectivity index (χ0) is 13.0. The van der Waals surface area contributed by atoms with Gasteiger partial charge in [-0.2, -0.15) is 0 Å². The fourth-order valence-electron chi connectivity index (χ4n) is 2.11. The van der Waals surface area contributed by atoms with Gasteiger partial charge in [-0.15, -0.1) is 12.4 Å². The molecule has 19 heavy (non-hydrogen) atoms. The van der Waals surface area contributed by atoms with Gasteiger partial charge in [0, 0.05) is 5.02 Å². The van der Waals surface area contributed by atoms with Crippen molar-refractivity contribution in [1.82, 2.24) is 4.90 Å². The minimum atomic E-state index is -0.0301. The first-order valence-electron chi connectivity index (χ1n) is 6.05. The highest BCUT2D eigenvalue weighted by atomic mass is 35.5. The van der Waals surface area contributed by atoms with Crippen LogP contribution in [0.2, 0.25) is 5.02 Å². The number of halogens is 2. The first-order chi connectivity index (χ1) is 8.69. The summed E-state index contributed by atoms with van der Waals surface area (Å²) in [7, 11) is 1.57. The average molecular weight is 305 g/mol. The Balaban J connectivity index is 0.00000180. The molecule has 1 aromatic rings. The van der Waals surface area contributed by atoms with E-state index in [0.29, 0.717) is 23.0 Å². The highest BCUT2D eigenvalue weighted by molar-refractivity contribution is 6.31. The van der Waals surface area contributed by atoms with Crippen LogP contribution >= 0.6 is 24.0 Å². The lowest BCUT2D eigenvalue weighted by Crippen LogP contribution is -2.30. The summed E-state index contributed by atoms with van der Waals surface area (Å²) in [5, 5.41) is 3.42. The zero-order valence-corrected chi connectivity index (χ0v) is 12.4. The van der Waals surface area contributed by atoms with Crippen LogP contribution in [0.4, 0.5) is 5.69 Å². The summed E-state index contributed by atoms with van der Waals surface area (Å²) in [6.07, 6.45) is 2.35. The standard InChI is InChI=1S/C13H17ClN2O2.ClH/c1-18-12-5-4-10(14)8-11(12)15-13(17)9-16-6-2-3-7-16;/h4-5,8H,2-3,6-7,9H2,1H3,(H,15,17);1H. The number of hydrogen-bond acceptors (Lipinski definition) is 3. The summed E-state index contributed by atoms with van der Waals surface area (Å²) in [5.41, 5.74) is 0.620. The third-order valence-corrected chi connectivity index (χ3v) is 3.24. The van der Waals surface area contributed by atoms with Crippen LogP contribution in [0.3, 0.4) is 0 Å². The number of amides is 1. The molecule has 0 atom stereocenters. The molecule has 1 N–H and O–H groups in total. The second-order valence-corrected chi connectivity index (χ2v) is 4.81. The van der Waals surface area contributed by atoms with E-state index >= 15 is 0 Å². The van der Waals surface area contributed by atoms with Gasteiger partial charge in [-0.05, 0) is 44.1 Å². The van der Waals surface area contributed by atoms with Crippen LogP contribution in [0, 0.1) is 0 Å². The predicted molar refractivity (Wildman–Crippen MR) is 79.6 cm³/mol. The lowest BCUT2D eigenvalue weighted by molar-refractivity contribution is -0.117. The van der Waals surface area contributed by atoms with E-state index in [1.165, 1.54) is 12.8 Å². The highest BCUT2D eigenvalue weighted by Crippen LogP contribution is 2.27. The lowest BCUT2D eigenvalue weighted by Gasteiger charge is -2.15. The third-order valence-electron chi connectivity index (χ3n) is 3.00. The van der Waals surface area contributed by atoms with Gasteiger partial charge in [0.2, 0.25) is 5.91 Å². The van der Waals surface area contributed by atoms with Crippen LogP contribution in [0.5, 0.6) is 5.75 Å². The summed E-state index contributed by atoms with van der Waals surface area (Å²) in [6.45, 7) is 2.43. The van der Waals surface area contributed by atoms with Crippen molar-refractivity contribution in [2.24, 2.45) is 0 Å². The largest absolute Gasteiger partial charge is 0.495 e. The monoisotopic (exact) mass is 304 g/mol. The topological polar surface area (TPSA) is 41.6 Å². The van der Waals surface area contributed by atoms with E-state index in [0.717, 1.165) is 13.1 Å². The Morgan fingerprint density at radius 1 is 1.42 bits per heavy atom. The summed E-state index contributed by atoms with van der Waals surface area (Å²) < 4.78 is 5.18. The first kappa shape index (κ1) is 16.1. The maximum absolute atomic E-state index is 11.9. The van der Waals surface area contributed by atoms with Gasteiger partial charge in [0.1, 0.15) is 5.75 Å². The molecule has 1 fully saturated rings. The van der Waals surface area contributed by atoms with E-state index in [1.807, 2.05) is 0 Å². The number of carbonyl (C=O) groups is 1. The van der Waals surface area contributed by atoms with E-state index in [4.69, 9.17) is 16.3 Å². The zero-order valence-electron chi connectivity index (χ0n) is 10.8. The van der Waals surface area contributed by atoms with Crippen molar-refractivity contribution in [3.05, 3.63) is 23.2 Å². The van der Waals surface area contributed by atoms with Crippen molar-refractivity contribution < 1.29 is 9.53 Å². The average Bonchev–Trinajstić information content (AvgIpc) is 2.82. The number of hydrogen-bond donors (Lipinski definition) is 1. The molecule has 1 aliphatic heterocycles. The molecule has 0 bridgehead atoms. The fraction of sp³-hybridized carbons (Fsp3) is 0.462. The predicted octanol–water partition coefficient (Wildman–Crippen LogP) is 2.80. The smallest absolute Gasteiger partial charge is 0.238 e. The molecule has 0 unspecified atom stereocenters. The quantitative estimate of drug-likeness (QED) is 0.930. The van der Waals surface area contributed by atoms with Crippen molar-refractivity contribution in [3.8, 4) is 5.75 Å².